The van der Waals surface area contributed by atoms with Crippen molar-refractivity contribution in [2.75, 3.05) is 18.8 Å². The van der Waals surface area contributed by atoms with Gasteiger partial charge in [-0.25, -0.2) is 0 Å². The Labute approximate surface area is 112 Å². The Morgan fingerprint density at radius 3 is 2.63 bits per heavy atom. The number of nitriles is 1. The zero-order valence-electron chi connectivity index (χ0n) is 10.9. The predicted molar refractivity (Wildman–Crippen MR) is 73.1 cm³/mol. The average Bonchev–Trinajstić information content (AvgIpc) is 2.62. The minimum Gasteiger partial charge on any atom is -0.301 e. The molecular weight excluding hydrogens is 264 g/mol. The molecule has 2 rings (SSSR count). The molecule has 0 aliphatic carbocycles. The second-order valence-corrected chi connectivity index (χ2v) is 6.19. The highest BCUT2D eigenvalue weighted by Crippen LogP contribution is 2.27. The molecule has 0 fully saturated rings. The summed E-state index contributed by atoms with van der Waals surface area (Å²) in [6.07, 6.45) is 1.72. The number of aromatic nitrogens is 1. The van der Waals surface area contributed by atoms with Gasteiger partial charge in [-0.1, -0.05) is 6.07 Å². The zero-order chi connectivity index (χ0) is 14.2. The van der Waals surface area contributed by atoms with Crippen LogP contribution < -0.4 is 4.72 Å². The molecular formula is C12H14N4O2S. The minimum absolute atomic E-state index is 0.268. The van der Waals surface area contributed by atoms with Gasteiger partial charge in [0.15, 0.2) is 0 Å². The molecule has 0 aliphatic heterocycles. The summed E-state index contributed by atoms with van der Waals surface area (Å²) in [6.45, 7) is 1.79. The summed E-state index contributed by atoms with van der Waals surface area (Å²) in [6, 6.07) is 7.51. The van der Waals surface area contributed by atoms with Crippen LogP contribution >= 0.6 is 0 Å². The molecule has 2 heterocycles. The molecule has 0 spiro atoms. The van der Waals surface area contributed by atoms with E-state index < -0.39 is 10.2 Å². The van der Waals surface area contributed by atoms with E-state index in [1.54, 1.807) is 23.6 Å². The summed E-state index contributed by atoms with van der Waals surface area (Å²) in [5.74, 6) is 0.268. The van der Waals surface area contributed by atoms with Gasteiger partial charge in [0.2, 0.25) is 0 Å². The van der Waals surface area contributed by atoms with Crippen molar-refractivity contribution in [1.82, 2.24) is 8.71 Å². The Morgan fingerprint density at radius 2 is 2.05 bits per heavy atom. The van der Waals surface area contributed by atoms with Crippen LogP contribution in [0.1, 0.15) is 11.1 Å². The lowest BCUT2D eigenvalue weighted by molar-refractivity contribution is 0.526. The van der Waals surface area contributed by atoms with Gasteiger partial charge in [-0.05, 0) is 24.6 Å². The number of fused-ring (bicyclic) bond motifs is 1. The molecule has 0 radical (unpaired) electrons. The van der Waals surface area contributed by atoms with Crippen LogP contribution in [0, 0.1) is 18.3 Å². The number of anilines is 1. The fourth-order valence-electron chi connectivity index (χ4n) is 1.82. The van der Waals surface area contributed by atoms with Crippen molar-refractivity contribution in [3.8, 4) is 6.07 Å². The molecule has 19 heavy (non-hydrogen) atoms. The number of hydrogen-bond donors (Lipinski definition) is 1. The van der Waals surface area contributed by atoms with Crippen LogP contribution in [-0.2, 0) is 10.2 Å². The quantitative estimate of drug-likeness (QED) is 0.920. The van der Waals surface area contributed by atoms with Crippen molar-refractivity contribution in [3.05, 3.63) is 35.5 Å². The molecule has 0 atom stereocenters. The largest absolute Gasteiger partial charge is 0.302 e. The Bertz CT molecular complexity index is 769. The van der Waals surface area contributed by atoms with Crippen molar-refractivity contribution in [3.63, 3.8) is 0 Å². The van der Waals surface area contributed by atoms with Crippen LogP contribution in [0.2, 0.25) is 0 Å². The summed E-state index contributed by atoms with van der Waals surface area (Å²) in [4.78, 5) is 0. The Morgan fingerprint density at radius 1 is 1.37 bits per heavy atom. The highest BCUT2D eigenvalue weighted by Gasteiger charge is 2.21. The molecule has 0 amide bonds. The van der Waals surface area contributed by atoms with E-state index in [1.807, 2.05) is 18.2 Å². The van der Waals surface area contributed by atoms with Crippen LogP contribution in [0.25, 0.3) is 5.52 Å². The molecule has 6 nitrogen and oxygen atoms in total. The average molecular weight is 278 g/mol. The summed E-state index contributed by atoms with van der Waals surface area (Å²) in [5.41, 5.74) is 1.88. The predicted octanol–water partition coefficient (Wildman–Crippen LogP) is 1.34. The van der Waals surface area contributed by atoms with E-state index in [0.29, 0.717) is 5.56 Å². The van der Waals surface area contributed by atoms with Gasteiger partial charge < -0.3 is 4.40 Å². The Balaban J connectivity index is 2.70. The van der Waals surface area contributed by atoms with E-state index in [0.717, 1.165) is 15.4 Å². The van der Waals surface area contributed by atoms with Crippen molar-refractivity contribution >= 4 is 21.5 Å². The maximum atomic E-state index is 11.9. The van der Waals surface area contributed by atoms with Gasteiger partial charge in [0.05, 0.1) is 11.1 Å². The third kappa shape index (κ3) is 2.16. The van der Waals surface area contributed by atoms with E-state index in [4.69, 9.17) is 0 Å². The summed E-state index contributed by atoms with van der Waals surface area (Å²) in [7, 11) is -0.795. The molecule has 0 saturated heterocycles. The van der Waals surface area contributed by atoms with Gasteiger partial charge in [-0.3, -0.25) is 4.72 Å². The monoisotopic (exact) mass is 278 g/mol. The molecule has 0 unspecified atom stereocenters. The van der Waals surface area contributed by atoms with Crippen molar-refractivity contribution in [2.45, 2.75) is 6.92 Å². The second kappa shape index (κ2) is 4.57. The fraction of sp³-hybridized carbons (Fsp3) is 0.250. The first-order chi connectivity index (χ1) is 8.88. The maximum absolute atomic E-state index is 11.9. The lowest BCUT2D eigenvalue weighted by Crippen LogP contribution is -2.29. The summed E-state index contributed by atoms with van der Waals surface area (Å²) < 4.78 is 29.0. The lowest BCUT2D eigenvalue weighted by Gasteiger charge is -2.13. The maximum Gasteiger partial charge on any atom is 0.302 e. The van der Waals surface area contributed by atoms with E-state index in [2.05, 4.69) is 4.72 Å². The minimum atomic E-state index is -3.65. The van der Waals surface area contributed by atoms with E-state index in [1.165, 1.54) is 14.1 Å². The molecule has 2 aromatic rings. The molecule has 100 valence electrons. The van der Waals surface area contributed by atoms with E-state index >= 15 is 0 Å². The third-order valence-electron chi connectivity index (χ3n) is 2.91. The van der Waals surface area contributed by atoms with Crippen LogP contribution in [0.15, 0.2) is 24.4 Å². The molecule has 0 bridgehead atoms. The van der Waals surface area contributed by atoms with Crippen LogP contribution in [0.3, 0.4) is 0 Å². The van der Waals surface area contributed by atoms with Crippen molar-refractivity contribution < 1.29 is 8.42 Å². The summed E-state index contributed by atoms with van der Waals surface area (Å²) in [5, 5.41) is 9.22. The standard InChI is InChI=1S/C12H14N4O2S/c1-9-10(8-13)12(14-19(17,18)15(2)3)16-7-5-4-6-11(9)16/h4-7,14H,1-3H3. The molecule has 0 saturated carbocycles. The second-order valence-electron chi connectivity index (χ2n) is 4.31. The van der Waals surface area contributed by atoms with Gasteiger partial charge >= 0.3 is 10.2 Å². The Kier molecular flexibility index (Phi) is 3.22. The molecule has 2 aromatic heterocycles. The van der Waals surface area contributed by atoms with Crippen molar-refractivity contribution in [1.29, 1.82) is 5.26 Å². The number of aryl methyl sites for hydroxylation is 1. The third-order valence-corrected chi connectivity index (χ3v) is 4.33. The number of nitrogens with zero attached hydrogens (tertiary/aromatic N) is 3. The zero-order valence-corrected chi connectivity index (χ0v) is 11.7. The molecule has 0 aromatic carbocycles. The highest BCUT2D eigenvalue weighted by atomic mass is 32.2. The van der Waals surface area contributed by atoms with Gasteiger partial charge in [0.1, 0.15) is 11.9 Å². The lowest BCUT2D eigenvalue weighted by atomic mass is 10.2. The molecule has 0 aliphatic rings. The molecule has 1 N–H and O–H groups in total. The van der Waals surface area contributed by atoms with Gasteiger partial charge in [0.25, 0.3) is 0 Å². The summed E-state index contributed by atoms with van der Waals surface area (Å²) >= 11 is 0. The van der Waals surface area contributed by atoms with Crippen LogP contribution in [-0.4, -0.2) is 31.2 Å². The van der Waals surface area contributed by atoms with Gasteiger partial charge in [-0.15, -0.1) is 0 Å². The number of hydrogen-bond acceptors (Lipinski definition) is 3. The fourth-order valence-corrected chi connectivity index (χ4v) is 2.45. The van der Waals surface area contributed by atoms with Crippen LogP contribution in [0.4, 0.5) is 5.82 Å². The number of nitrogens with one attached hydrogen (secondary N) is 1. The smallest absolute Gasteiger partial charge is 0.301 e. The van der Waals surface area contributed by atoms with E-state index in [-0.39, 0.29) is 5.82 Å². The molecule has 7 heteroatoms. The normalized spacial score (nSPS) is 11.7. The number of rotatable bonds is 3. The van der Waals surface area contributed by atoms with Crippen molar-refractivity contribution in [2.24, 2.45) is 0 Å². The SMILES string of the molecule is Cc1c(C#N)c(NS(=O)(=O)N(C)C)n2ccccc12. The first-order valence-electron chi connectivity index (χ1n) is 5.58. The van der Waals surface area contributed by atoms with Gasteiger partial charge in [-0.2, -0.15) is 18.0 Å². The van der Waals surface area contributed by atoms with Gasteiger partial charge in [0, 0.05) is 20.3 Å². The topological polar surface area (TPSA) is 77.6 Å². The highest BCUT2D eigenvalue weighted by molar-refractivity contribution is 7.90. The number of pyridine rings is 1. The first kappa shape index (κ1) is 13.4. The van der Waals surface area contributed by atoms with Crippen LogP contribution in [0.5, 0.6) is 0 Å². The first-order valence-corrected chi connectivity index (χ1v) is 7.02. The Hall–Kier alpha value is -2.04. The van der Waals surface area contributed by atoms with E-state index in [9.17, 15) is 13.7 Å².